The van der Waals surface area contributed by atoms with Crippen molar-refractivity contribution >= 4 is 46.7 Å². The zero-order chi connectivity index (χ0) is 15.6. The van der Waals surface area contributed by atoms with Crippen molar-refractivity contribution in [1.29, 1.82) is 0 Å². The molecule has 3 rings (SSSR count). The summed E-state index contributed by atoms with van der Waals surface area (Å²) in [6.07, 6.45) is 3.78. The number of ketones is 1. The van der Waals surface area contributed by atoms with Crippen LogP contribution in [0, 0.1) is 11.8 Å². The molecule has 1 aliphatic carbocycles. The van der Waals surface area contributed by atoms with E-state index in [0.717, 1.165) is 25.7 Å². The number of nitrogens with zero attached hydrogens (tertiary/aromatic N) is 1. The highest BCUT2D eigenvalue weighted by atomic mass is 35.6. The molecular weight excluding hydrogens is 337 g/mol. The fourth-order valence-electron chi connectivity index (χ4n) is 3.40. The Morgan fingerprint density at radius 3 is 2.48 bits per heavy atom. The number of hydrogen-bond acceptors (Lipinski definition) is 3. The van der Waals surface area contributed by atoms with Crippen molar-refractivity contribution in [3.63, 3.8) is 0 Å². The molecule has 0 radical (unpaired) electrons. The van der Waals surface area contributed by atoms with Gasteiger partial charge in [0, 0.05) is 24.9 Å². The van der Waals surface area contributed by atoms with Crippen molar-refractivity contribution in [3.8, 4) is 0 Å². The predicted octanol–water partition coefficient (Wildman–Crippen LogP) is 3.96. The van der Waals surface area contributed by atoms with Crippen LogP contribution in [0.25, 0.3) is 0 Å². The molecule has 0 aromatic carbocycles. The maximum Gasteiger partial charge on any atom is 0.410 e. The van der Waals surface area contributed by atoms with Crippen LogP contribution in [0.1, 0.15) is 39.0 Å². The highest BCUT2D eigenvalue weighted by Gasteiger charge is 2.43. The van der Waals surface area contributed by atoms with Crippen molar-refractivity contribution in [2.24, 2.45) is 11.8 Å². The lowest BCUT2D eigenvalue weighted by atomic mass is 9.88. The van der Waals surface area contributed by atoms with Gasteiger partial charge in [-0.05, 0) is 31.6 Å². The lowest BCUT2D eigenvalue weighted by molar-refractivity contribution is -0.124. The summed E-state index contributed by atoms with van der Waals surface area (Å²) in [5, 5.41) is 0. The van der Waals surface area contributed by atoms with Crippen LogP contribution >= 0.6 is 34.8 Å². The fraction of sp³-hybridized carbons (Fsp3) is 0.857. The summed E-state index contributed by atoms with van der Waals surface area (Å²) in [4.78, 5) is 26.1. The number of hydrogen-bond donors (Lipinski definition) is 0. The Bertz CT molecular complexity index is 411. The molecule has 3 aliphatic rings. The number of fused-ring (bicyclic) bond motifs is 4. The summed E-state index contributed by atoms with van der Waals surface area (Å²) < 4.78 is 3.48. The van der Waals surface area contributed by atoms with E-state index in [1.807, 2.05) is 6.92 Å². The van der Waals surface area contributed by atoms with E-state index in [-0.39, 0.29) is 24.3 Å². The number of Topliss-reactive ketones (excluding diaryl/α,β-unsaturated/α-hetero) is 1. The summed E-state index contributed by atoms with van der Waals surface area (Å²) in [5.41, 5.74) is 0. The van der Waals surface area contributed by atoms with Crippen molar-refractivity contribution in [1.82, 2.24) is 4.90 Å². The van der Waals surface area contributed by atoms with Crippen LogP contribution in [-0.4, -0.2) is 39.8 Å². The lowest BCUT2D eigenvalue weighted by Crippen LogP contribution is -2.50. The van der Waals surface area contributed by atoms with Crippen molar-refractivity contribution < 1.29 is 14.3 Å². The second kappa shape index (κ2) is 6.93. The maximum absolute atomic E-state index is 12.3. The quantitative estimate of drug-likeness (QED) is 0.719. The zero-order valence-corrected chi connectivity index (χ0v) is 14.3. The van der Waals surface area contributed by atoms with E-state index in [1.165, 1.54) is 0 Å². The van der Waals surface area contributed by atoms with Crippen molar-refractivity contribution in [2.45, 2.75) is 48.9 Å². The number of halogens is 3. The first-order valence-corrected chi connectivity index (χ1v) is 8.48. The molecule has 4 nitrogen and oxygen atoms in total. The first kappa shape index (κ1) is 17.2. The van der Waals surface area contributed by atoms with E-state index in [1.54, 1.807) is 4.90 Å². The zero-order valence-electron chi connectivity index (χ0n) is 12.0. The third-order valence-electron chi connectivity index (χ3n) is 4.43. The predicted molar refractivity (Wildman–Crippen MR) is 82.9 cm³/mol. The van der Waals surface area contributed by atoms with Crippen LogP contribution < -0.4 is 0 Å². The Hall–Kier alpha value is -0.190. The molecule has 2 saturated heterocycles. The van der Waals surface area contributed by atoms with Gasteiger partial charge in [-0.2, -0.15) is 0 Å². The molecule has 21 heavy (non-hydrogen) atoms. The van der Waals surface area contributed by atoms with Gasteiger partial charge >= 0.3 is 6.09 Å². The van der Waals surface area contributed by atoms with Gasteiger partial charge in [0.05, 0.1) is 0 Å². The van der Waals surface area contributed by atoms with E-state index in [9.17, 15) is 9.59 Å². The summed E-state index contributed by atoms with van der Waals surface area (Å²) in [6, 6.07) is -0.0703. The molecular formula is C14H20Cl3NO3. The van der Waals surface area contributed by atoms with Gasteiger partial charge in [-0.25, -0.2) is 4.79 Å². The lowest BCUT2D eigenvalue weighted by Gasteiger charge is -2.38. The molecule has 3 unspecified atom stereocenters. The minimum Gasteiger partial charge on any atom is -0.445 e. The summed E-state index contributed by atoms with van der Waals surface area (Å²) >= 11 is 16.8. The summed E-state index contributed by atoms with van der Waals surface area (Å²) in [6.45, 7) is 2.22. The second-order valence-corrected chi connectivity index (χ2v) is 8.35. The topological polar surface area (TPSA) is 46.6 Å². The third kappa shape index (κ3) is 4.40. The van der Waals surface area contributed by atoms with Crippen LogP contribution in [0.5, 0.6) is 0 Å². The van der Waals surface area contributed by atoms with Crippen LogP contribution in [0.4, 0.5) is 4.79 Å². The number of piperidine rings is 1. The molecule has 0 N–H and O–H groups in total. The number of carbonyl (C=O) groups is 2. The minimum absolute atomic E-state index is 0.0703. The van der Waals surface area contributed by atoms with Crippen LogP contribution in [0.2, 0.25) is 0 Å². The standard InChI is InChI=1S/C14H20Cl3NO3/c1-2-12(19)10-5-3-9-4-6-11(10)18(7-9)13(20)21-8-14(15,16)17/h9-11H,2-8H2,1H3. The second-order valence-electron chi connectivity index (χ2n) is 5.84. The highest BCUT2D eigenvalue weighted by Crippen LogP contribution is 2.38. The van der Waals surface area contributed by atoms with Gasteiger partial charge in [-0.15, -0.1) is 0 Å². The van der Waals surface area contributed by atoms with Crippen LogP contribution in [0.15, 0.2) is 0 Å². The Kier molecular flexibility index (Phi) is 5.66. The van der Waals surface area contributed by atoms with Gasteiger partial charge < -0.3 is 9.64 Å². The molecule has 0 aromatic heterocycles. The summed E-state index contributed by atoms with van der Waals surface area (Å²) in [7, 11) is 0. The molecule has 1 amide bonds. The van der Waals surface area contributed by atoms with Gasteiger partial charge in [-0.1, -0.05) is 41.7 Å². The highest BCUT2D eigenvalue weighted by molar-refractivity contribution is 6.67. The van der Waals surface area contributed by atoms with Crippen molar-refractivity contribution in [2.75, 3.05) is 13.2 Å². The monoisotopic (exact) mass is 355 g/mol. The van der Waals surface area contributed by atoms with E-state index in [4.69, 9.17) is 39.5 Å². The van der Waals surface area contributed by atoms with Gasteiger partial charge in [-0.3, -0.25) is 4.79 Å². The summed E-state index contributed by atoms with van der Waals surface area (Å²) in [5.74, 6) is 0.584. The molecule has 0 spiro atoms. The minimum atomic E-state index is -1.61. The Balaban J connectivity index is 2.08. The van der Waals surface area contributed by atoms with Gasteiger partial charge in [0.15, 0.2) is 0 Å². The first-order chi connectivity index (χ1) is 9.81. The largest absolute Gasteiger partial charge is 0.445 e. The fourth-order valence-corrected chi connectivity index (χ4v) is 3.57. The molecule has 3 atom stereocenters. The number of amides is 1. The Labute approximate surface area is 140 Å². The molecule has 120 valence electrons. The van der Waals surface area contributed by atoms with E-state index in [0.29, 0.717) is 18.9 Å². The Morgan fingerprint density at radius 2 is 1.86 bits per heavy atom. The molecule has 1 saturated carbocycles. The molecule has 2 bridgehead atoms. The van der Waals surface area contributed by atoms with E-state index >= 15 is 0 Å². The van der Waals surface area contributed by atoms with Crippen LogP contribution in [-0.2, 0) is 9.53 Å². The van der Waals surface area contributed by atoms with E-state index in [2.05, 4.69) is 0 Å². The SMILES string of the molecule is CCC(=O)C1CCC2CCC1N(C(=O)OCC(Cl)(Cl)Cl)C2. The molecule has 7 heteroatoms. The number of carbonyl (C=O) groups excluding carboxylic acids is 2. The molecule has 3 fully saturated rings. The normalized spacial score (nSPS) is 29.1. The number of alkyl halides is 3. The third-order valence-corrected chi connectivity index (χ3v) is 4.76. The maximum atomic E-state index is 12.3. The van der Waals surface area contributed by atoms with Gasteiger partial charge in [0.2, 0.25) is 3.79 Å². The molecule has 2 aliphatic heterocycles. The Morgan fingerprint density at radius 1 is 1.19 bits per heavy atom. The van der Waals surface area contributed by atoms with Gasteiger partial charge in [0.25, 0.3) is 0 Å². The number of rotatable bonds is 3. The smallest absolute Gasteiger partial charge is 0.410 e. The first-order valence-electron chi connectivity index (χ1n) is 7.34. The molecule has 0 aromatic rings. The van der Waals surface area contributed by atoms with E-state index < -0.39 is 9.89 Å². The molecule has 2 heterocycles. The van der Waals surface area contributed by atoms with Gasteiger partial charge in [0.1, 0.15) is 12.4 Å². The van der Waals surface area contributed by atoms with Crippen molar-refractivity contribution in [3.05, 3.63) is 0 Å². The number of ether oxygens (including phenoxy) is 1. The average Bonchev–Trinajstić information content (AvgIpc) is 2.74. The van der Waals surface area contributed by atoms with Crippen LogP contribution in [0.3, 0.4) is 0 Å². The average molecular weight is 357 g/mol.